The zero-order valence-electron chi connectivity index (χ0n) is 14.2. The Morgan fingerprint density at radius 2 is 1.93 bits per heavy atom. The highest BCUT2D eigenvalue weighted by molar-refractivity contribution is 9.10. The molecule has 2 aromatic carbocycles. The lowest BCUT2D eigenvalue weighted by Gasteiger charge is -2.27. The first-order chi connectivity index (χ1) is 12.7. The Bertz CT molecular complexity index is 919. The van der Waals surface area contributed by atoms with E-state index in [2.05, 4.69) is 21.2 Å². The predicted molar refractivity (Wildman–Crippen MR) is 99.4 cm³/mol. The number of nitrogens with one attached hydrogen (secondary N) is 1. The predicted octanol–water partition coefficient (Wildman–Crippen LogP) is 2.98. The van der Waals surface area contributed by atoms with Crippen molar-refractivity contribution < 1.29 is 27.0 Å². The molecule has 2 aromatic rings. The third-order valence-electron chi connectivity index (χ3n) is 4.24. The first kappa shape index (κ1) is 20.2. The molecule has 0 bridgehead atoms. The van der Waals surface area contributed by atoms with Crippen molar-refractivity contribution in [1.29, 1.82) is 0 Å². The van der Waals surface area contributed by atoms with Crippen molar-refractivity contribution in [2.75, 3.05) is 18.9 Å². The van der Waals surface area contributed by atoms with Gasteiger partial charge in [0.1, 0.15) is 30.1 Å². The van der Waals surface area contributed by atoms with Gasteiger partial charge in [0, 0.05) is 35.3 Å². The third kappa shape index (κ3) is 5.04. The van der Waals surface area contributed by atoms with Crippen LogP contribution in [-0.4, -0.2) is 38.5 Å². The average molecular weight is 462 g/mol. The van der Waals surface area contributed by atoms with Crippen LogP contribution in [0.3, 0.4) is 0 Å². The normalized spacial score (nSPS) is 19.3. The molecule has 1 aliphatic rings. The summed E-state index contributed by atoms with van der Waals surface area (Å²) in [6, 6.07) is 7.56. The summed E-state index contributed by atoms with van der Waals surface area (Å²) < 4.78 is 56.7. The maximum absolute atomic E-state index is 13.1. The second-order valence-corrected chi connectivity index (χ2v) is 9.31. The van der Waals surface area contributed by atoms with Crippen LogP contribution in [0, 0.1) is 11.6 Å². The van der Waals surface area contributed by atoms with Crippen LogP contribution in [0.4, 0.5) is 8.78 Å². The van der Waals surface area contributed by atoms with Gasteiger partial charge in [0.2, 0.25) is 0 Å². The number of hydrogen-bond acceptors (Lipinski definition) is 5. The van der Waals surface area contributed by atoms with Crippen LogP contribution in [0.1, 0.15) is 18.0 Å². The second kappa shape index (κ2) is 8.22. The summed E-state index contributed by atoms with van der Waals surface area (Å²) in [6.45, 7) is -0.0271. The molecule has 27 heavy (non-hydrogen) atoms. The van der Waals surface area contributed by atoms with Gasteiger partial charge in [-0.15, -0.1) is 0 Å². The third-order valence-corrected chi connectivity index (χ3v) is 6.54. The number of aliphatic hydroxyl groups excluding tert-OH is 1. The lowest BCUT2D eigenvalue weighted by Crippen LogP contribution is -2.36. The summed E-state index contributed by atoms with van der Waals surface area (Å²) in [5.74, 6) is -1.51. The van der Waals surface area contributed by atoms with Gasteiger partial charge in [-0.2, -0.15) is 0 Å². The van der Waals surface area contributed by atoms with E-state index in [1.807, 2.05) is 0 Å². The molecule has 2 atom stereocenters. The van der Waals surface area contributed by atoms with Gasteiger partial charge in [0.05, 0.1) is 10.6 Å². The number of halogens is 3. The number of benzene rings is 2. The quantitative estimate of drug-likeness (QED) is 0.691. The SMILES string of the molecule is O=S1(=O)CCC(NCC(O)COc2cc(F)cc(F)c2)c2cc(Br)ccc21. The van der Waals surface area contributed by atoms with E-state index < -0.39 is 27.6 Å². The first-order valence-electron chi connectivity index (χ1n) is 8.27. The zero-order chi connectivity index (χ0) is 19.6. The molecule has 0 radical (unpaired) electrons. The summed E-state index contributed by atoms with van der Waals surface area (Å²) >= 11 is 3.34. The van der Waals surface area contributed by atoms with E-state index in [4.69, 9.17) is 4.74 Å². The van der Waals surface area contributed by atoms with Crippen molar-refractivity contribution in [2.24, 2.45) is 0 Å². The second-order valence-electron chi connectivity index (χ2n) is 6.32. The van der Waals surface area contributed by atoms with Gasteiger partial charge in [0.25, 0.3) is 0 Å². The molecule has 0 aliphatic carbocycles. The summed E-state index contributed by atoms with van der Waals surface area (Å²) in [6.07, 6.45) is -0.556. The molecule has 0 saturated carbocycles. The molecule has 2 unspecified atom stereocenters. The van der Waals surface area contributed by atoms with Crippen LogP contribution in [0.2, 0.25) is 0 Å². The van der Waals surface area contributed by atoms with Crippen LogP contribution in [0.5, 0.6) is 5.75 Å². The summed E-state index contributed by atoms with van der Waals surface area (Å²) in [7, 11) is -3.30. The van der Waals surface area contributed by atoms with Crippen LogP contribution in [0.15, 0.2) is 45.8 Å². The molecule has 0 saturated heterocycles. The van der Waals surface area contributed by atoms with Crippen molar-refractivity contribution in [1.82, 2.24) is 5.32 Å². The molecular formula is C18H18BrF2NO4S. The standard InChI is InChI=1S/C18H18BrF2NO4S/c19-11-1-2-18-16(5-11)17(3-4-27(18,24)25)22-9-14(23)10-26-15-7-12(20)6-13(21)8-15/h1-2,5-8,14,17,22-23H,3-4,9-10H2. The first-order valence-corrected chi connectivity index (χ1v) is 10.7. The van der Waals surface area contributed by atoms with Crippen molar-refractivity contribution >= 4 is 25.8 Å². The molecule has 0 amide bonds. The highest BCUT2D eigenvalue weighted by atomic mass is 79.9. The maximum atomic E-state index is 13.1. The van der Waals surface area contributed by atoms with Crippen LogP contribution >= 0.6 is 15.9 Å². The van der Waals surface area contributed by atoms with E-state index in [0.717, 1.165) is 22.7 Å². The number of aliphatic hydroxyl groups is 1. The van der Waals surface area contributed by atoms with Gasteiger partial charge >= 0.3 is 0 Å². The minimum Gasteiger partial charge on any atom is -0.491 e. The van der Waals surface area contributed by atoms with E-state index in [1.54, 1.807) is 18.2 Å². The molecule has 2 N–H and O–H groups in total. The minimum absolute atomic E-state index is 0.00964. The number of rotatable bonds is 6. The van der Waals surface area contributed by atoms with Crippen LogP contribution in [-0.2, 0) is 9.84 Å². The Morgan fingerprint density at radius 1 is 1.22 bits per heavy atom. The number of sulfone groups is 1. The molecule has 9 heteroatoms. The van der Waals surface area contributed by atoms with E-state index >= 15 is 0 Å². The Balaban J connectivity index is 1.61. The van der Waals surface area contributed by atoms with Gasteiger partial charge in [-0.1, -0.05) is 15.9 Å². The molecule has 0 fully saturated rings. The van der Waals surface area contributed by atoms with Gasteiger partial charge in [-0.3, -0.25) is 0 Å². The van der Waals surface area contributed by atoms with E-state index in [1.165, 1.54) is 0 Å². The van der Waals surface area contributed by atoms with Gasteiger partial charge in [0.15, 0.2) is 9.84 Å². The monoisotopic (exact) mass is 461 g/mol. The van der Waals surface area contributed by atoms with Crippen molar-refractivity contribution in [3.05, 3.63) is 58.1 Å². The molecule has 1 heterocycles. The smallest absolute Gasteiger partial charge is 0.178 e. The highest BCUT2D eigenvalue weighted by Gasteiger charge is 2.30. The Labute approximate surface area is 164 Å². The number of fused-ring (bicyclic) bond motifs is 1. The van der Waals surface area contributed by atoms with Crippen molar-refractivity contribution in [3.63, 3.8) is 0 Å². The largest absolute Gasteiger partial charge is 0.491 e. The summed E-state index contributed by atoms with van der Waals surface area (Å²) in [4.78, 5) is 0.287. The Kier molecular flexibility index (Phi) is 6.15. The van der Waals surface area contributed by atoms with Gasteiger partial charge < -0.3 is 15.2 Å². The zero-order valence-corrected chi connectivity index (χ0v) is 16.6. The fourth-order valence-corrected chi connectivity index (χ4v) is 4.95. The number of ether oxygens (including phenoxy) is 1. The van der Waals surface area contributed by atoms with E-state index in [-0.39, 0.29) is 35.6 Å². The molecule has 1 aliphatic heterocycles. The molecule has 0 aromatic heterocycles. The van der Waals surface area contributed by atoms with E-state index in [9.17, 15) is 22.3 Å². The summed E-state index contributed by atoms with van der Waals surface area (Å²) in [5, 5.41) is 13.2. The fourth-order valence-electron chi connectivity index (χ4n) is 2.97. The molecule has 5 nitrogen and oxygen atoms in total. The Morgan fingerprint density at radius 3 is 2.63 bits per heavy atom. The van der Waals surface area contributed by atoms with Gasteiger partial charge in [-0.05, 0) is 30.2 Å². The lowest BCUT2D eigenvalue weighted by molar-refractivity contribution is 0.103. The number of hydrogen-bond donors (Lipinski definition) is 2. The Hall–Kier alpha value is -1.55. The average Bonchev–Trinajstić information content (AvgIpc) is 2.58. The van der Waals surface area contributed by atoms with Crippen LogP contribution < -0.4 is 10.1 Å². The molecule has 0 spiro atoms. The minimum atomic E-state index is -3.30. The van der Waals surface area contributed by atoms with E-state index in [0.29, 0.717) is 12.0 Å². The molecule has 146 valence electrons. The fraction of sp³-hybridized carbons (Fsp3) is 0.333. The summed E-state index contributed by atoms with van der Waals surface area (Å²) in [5.41, 5.74) is 0.649. The van der Waals surface area contributed by atoms with Crippen LogP contribution in [0.25, 0.3) is 0 Å². The van der Waals surface area contributed by atoms with Gasteiger partial charge in [-0.25, -0.2) is 17.2 Å². The maximum Gasteiger partial charge on any atom is 0.178 e. The highest BCUT2D eigenvalue weighted by Crippen LogP contribution is 2.34. The van der Waals surface area contributed by atoms with Crippen molar-refractivity contribution in [3.8, 4) is 5.75 Å². The molecule has 3 rings (SSSR count). The lowest BCUT2D eigenvalue weighted by atomic mass is 10.0. The van der Waals surface area contributed by atoms with Crippen molar-refractivity contribution in [2.45, 2.75) is 23.5 Å². The topological polar surface area (TPSA) is 75.6 Å². The molecular weight excluding hydrogens is 444 g/mol.